The quantitative estimate of drug-likeness (QED) is 0.566. The molecule has 26 heavy (non-hydrogen) atoms. The highest BCUT2D eigenvalue weighted by Gasteiger charge is 2.51. The number of hydrogen-bond acceptors (Lipinski definition) is 4. The fourth-order valence-corrected chi connectivity index (χ4v) is 4.42. The van der Waals surface area contributed by atoms with E-state index < -0.39 is 24.6 Å². The van der Waals surface area contributed by atoms with Crippen LogP contribution in [0.15, 0.2) is 30.3 Å². The second kappa shape index (κ2) is 8.12. The predicted octanol–water partition coefficient (Wildman–Crippen LogP) is 2.44. The van der Waals surface area contributed by atoms with E-state index in [4.69, 9.17) is 0 Å². The molecule has 3 amide bonds. The highest BCUT2D eigenvalue weighted by molar-refractivity contribution is 7.80. The second-order valence-corrected chi connectivity index (χ2v) is 7.39. The number of aliphatic carboxylic acids is 1. The molecular weight excluding hydrogens is 352 g/mol. The van der Waals surface area contributed by atoms with Crippen LogP contribution in [0.3, 0.4) is 0 Å². The van der Waals surface area contributed by atoms with Gasteiger partial charge in [-0.1, -0.05) is 43.2 Å². The molecule has 7 heteroatoms. The van der Waals surface area contributed by atoms with Crippen molar-refractivity contribution in [2.75, 3.05) is 12.3 Å². The van der Waals surface area contributed by atoms with Gasteiger partial charge in [-0.15, -0.1) is 0 Å². The van der Waals surface area contributed by atoms with E-state index in [1.54, 1.807) is 0 Å². The molecule has 1 heterocycles. The standard InChI is InChI=1S/C19H24N2O4S/c22-16(23)11-20-17(14-8-4-5-9-14)18(24)21(19(20)25)15(12-26)10-13-6-2-1-3-7-13/h1-3,6-7,14-15,17,26H,4-5,8-12H2,(H,22,23). The lowest BCUT2D eigenvalue weighted by molar-refractivity contribution is -0.138. The molecule has 2 atom stereocenters. The Morgan fingerprint density at radius 3 is 2.42 bits per heavy atom. The normalized spacial score (nSPS) is 22.3. The van der Waals surface area contributed by atoms with Gasteiger partial charge >= 0.3 is 12.0 Å². The molecule has 1 aromatic carbocycles. The van der Waals surface area contributed by atoms with Gasteiger partial charge in [0.25, 0.3) is 5.91 Å². The van der Waals surface area contributed by atoms with E-state index in [1.807, 2.05) is 30.3 Å². The van der Waals surface area contributed by atoms with Crippen molar-refractivity contribution in [3.05, 3.63) is 35.9 Å². The van der Waals surface area contributed by atoms with E-state index in [1.165, 1.54) is 9.80 Å². The average molecular weight is 376 g/mol. The summed E-state index contributed by atoms with van der Waals surface area (Å²) in [5.41, 5.74) is 1.02. The summed E-state index contributed by atoms with van der Waals surface area (Å²) in [6.07, 6.45) is 4.27. The van der Waals surface area contributed by atoms with Crippen molar-refractivity contribution in [1.82, 2.24) is 9.80 Å². The van der Waals surface area contributed by atoms with Gasteiger partial charge in [-0.25, -0.2) is 4.79 Å². The van der Waals surface area contributed by atoms with Gasteiger partial charge in [0.15, 0.2) is 0 Å². The number of thiol groups is 1. The first-order chi connectivity index (χ1) is 12.5. The number of imide groups is 1. The largest absolute Gasteiger partial charge is 0.480 e. The molecule has 2 aliphatic rings. The van der Waals surface area contributed by atoms with Crippen molar-refractivity contribution in [3.8, 4) is 0 Å². The third-order valence-electron chi connectivity index (χ3n) is 5.32. The van der Waals surface area contributed by atoms with E-state index >= 15 is 0 Å². The lowest BCUT2D eigenvalue weighted by atomic mass is 9.96. The van der Waals surface area contributed by atoms with Crippen LogP contribution in [-0.4, -0.2) is 57.2 Å². The molecule has 3 rings (SSSR count). The summed E-state index contributed by atoms with van der Waals surface area (Å²) < 4.78 is 0. The Balaban J connectivity index is 1.86. The van der Waals surface area contributed by atoms with E-state index in [0.717, 1.165) is 31.2 Å². The molecule has 6 nitrogen and oxygen atoms in total. The zero-order chi connectivity index (χ0) is 18.7. The van der Waals surface area contributed by atoms with Crippen molar-refractivity contribution < 1.29 is 19.5 Å². The van der Waals surface area contributed by atoms with E-state index in [0.29, 0.717) is 12.2 Å². The molecular formula is C19H24N2O4S. The molecule has 0 aromatic heterocycles. The number of carbonyl (C=O) groups is 3. The van der Waals surface area contributed by atoms with E-state index in [9.17, 15) is 19.5 Å². The number of amides is 3. The van der Waals surface area contributed by atoms with Crippen molar-refractivity contribution in [3.63, 3.8) is 0 Å². The van der Waals surface area contributed by atoms with Crippen LogP contribution in [0.1, 0.15) is 31.2 Å². The third kappa shape index (κ3) is 3.72. The van der Waals surface area contributed by atoms with Crippen molar-refractivity contribution >= 4 is 30.5 Å². The molecule has 1 aliphatic heterocycles. The lowest BCUT2D eigenvalue weighted by Gasteiger charge is -2.24. The molecule has 2 fully saturated rings. The van der Waals surface area contributed by atoms with Crippen LogP contribution >= 0.6 is 12.6 Å². The van der Waals surface area contributed by atoms with Crippen LogP contribution in [0.4, 0.5) is 4.79 Å². The first-order valence-corrected chi connectivity index (χ1v) is 9.66. The van der Waals surface area contributed by atoms with Crippen LogP contribution in [0.25, 0.3) is 0 Å². The third-order valence-corrected chi connectivity index (χ3v) is 5.74. The van der Waals surface area contributed by atoms with Gasteiger partial charge in [-0.3, -0.25) is 14.5 Å². The number of carbonyl (C=O) groups excluding carboxylic acids is 2. The summed E-state index contributed by atoms with van der Waals surface area (Å²) >= 11 is 4.36. The predicted molar refractivity (Wildman–Crippen MR) is 100 cm³/mol. The van der Waals surface area contributed by atoms with Gasteiger partial charge in [0.05, 0.1) is 6.04 Å². The Kier molecular flexibility index (Phi) is 5.86. The number of carboxylic acid groups (broad SMARTS) is 1. The van der Waals surface area contributed by atoms with Crippen LogP contribution in [0.2, 0.25) is 0 Å². The summed E-state index contributed by atoms with van der Waals surface area (Å²) in [5, 5.41) is 9.22. The molecule has 0 spiro atoms. The number of urea groups is 1. The summed E-state index contributed by atoms with van der Waals surface area (Å²) in [7, 11) is 0. The topological polar surface area (TPSA) is 77.9 Å². The maximum atomic E-state index is 13.1. The average Bonchev–Trinajstić information content (AvgIpc) is 3.21. The van der Waals surface area contributed by atoms with Crippen LogP contribution in [-0.2, 0) is 16.0 Å². The minimum atomic E-state index is -1.10. The van der Waals surface area contributed by atoms with E-state index in [2.05, 4.69) is 12.6 Å². The highest BCUT2D eigenvalue weighted by atomic mass is 32.1. The number of rotatable bonds is 7. The summed E-state index contributed by atoms with van der Waals surface area (Å²) in [4.78, 5) is 39.8. The fourth-order valence-electron chi connectivity index (χ4n) is 4.13. The molecule has 1 N–H and O–H groups in total. The fraction of sp³-hybridized carbons (Fsp3) is 0.526. The first-order valence-electron chi connectivity index (χ1n) is 9.03. The Morgan fingerprint density at radius 2 is 1.85 bits per heavy atom. The van der Waals surface area contributed by atoms with Crippen LogP contribution in [0, 0.1) is 5.92 Å². The van der Waals surface area contributed by atoms with Crippen molar-refractivity contribution in [1.29, 1.82) is 0 Å². The van der Waals surface area contributed by atoms with E-state index in [-0.39, 0.29) is 17.9 Å². The molecule has 140 valence electrons. The van der Waals surface area contributed by atoms with Crippen molar-refractivity contribution in [2.45, 2.75) is 44.2 Å². The van der Waals surface area contributed by atoms with Gasteiger partial charge in [-0.2, -0.15) is 12.6 Å². The zero-order valence-electron chi connectivity index (χ0n) is 14.6. The maximum Gasteiger partial charge on any atom is 0.328 e. The number of carboxylic acids is 1. The molecule has 2 unspecified atom stereocenters. The summed E-state index contributed by atoms with van der Waals surface area (Å²) in [6.45, 7) is -0.438. The zero-order valence-corrected chi connectivity index (χ0v) is 15.5. The van der Waals surface area contributed by atoms with Gasteiger partial charge in [0.2, 0.25) is 0 Å². The minimum Gasteiger partial charge on any atom is -0.480 e. The Morgan fingerprint density at radius 1 is 1.19 bits per heavy atom. The number of benzene rings is 1. The summed E-state index contributed by atoms with van der Waals surface area (Å²) in [6, 6.07) is 8.10. The van der Waals surface area contributed by atoms with Crippen LogP contribution in [0.5, 0.6) is 0 Å². The number of nitrogens with zero attached hydrogens (tertiary/aromatic N) is 2. The highest BCUT2D eigenvalue weighted by Crippen LogP contribution is 2.35. The maximum absolute atomic E-state index is 13.1. The number of hydrogen-bond donors (Lipinski definition) is 2. The SMILES string of the molecule is O=C(O)CN1C(=O)N(C(CS)Cc2ccccc2)C(=O)C1C1CCCC1. The Hall–Kier alpha value is -2.02. The monoisotopic (exact) mass is 376 g/mol. The lowest BCUT2D eigenvalue weighted by Crippen LogP contribution is -2.44. The molecule has 0 bridgehead atoms. The minimum absolute atomic E-state index is 0.0492. The summed E-state index contributed by atoms with van der Waals surface area (Å²) in [5.74, 6) is -0.974. The molecule has 1 aromatic rings. The van der Waals surface area contributed by atoms with Gasteiger partial charge in [0, 0.05) is 5.75 Å². The van der Waals surface area contributed by atoms with Gasteiger partial charge in [-0.05, 0) is 30.7 Å². The van der Waals surface area contributed by atoms with Gasteiger partial charge < -0.3 is 10.0 Å². The van der Waals surface area contributed by atoms with Crippen molar-refractivity contribution in [2.24, 2.45) is 5.92 Å². The second-order valence-electron chi connectivity index (χ2n) is 7.03. The molecule has 1 aliphatic carbocycles. The Labute approximate surface area is 158 Å². The van der Waals surface area contributed by atoms with Crippen LogP contribution < -0.4 is 0 Å². The Bertz CT molecular complexity index is 675. The molecule has 1 saturated carbocycles. The molecule has 0 radical (unpaired) electrons. The molecule has 1 saturated heterocycles. The first kappa shape index (κ1) is 18.8. The smallest absolute Gasteiger partial charge is 0.328 e. The van der Waals surface area contributed by atoms with Gasteiger partial charge in [0.1, 0.15) is 12.6 Å².